The summed E-state index contributed by atoms with van der Waals surface area (Å²) in [6, 6.07) is 0.384. The molecule has 1 heterocycles. The number of ether oxygens (including phenoxy) is 2. The Balaban J connectivity index is 2.11. The zero-order valence-electron chi connectivity index (χ0n) is 7.52. The highest BCUT2D eigenvalue weighted by Crippen LogP contribution is 2.08. The highest BCUT2D eigenvalue weighted by atomic mass is 16.5. The van der Waals surface area contributed by atoms with Gasteiger partial charge in [0.05, 0.1) is 31.6 Å². The fraction of sp³-hybridized carbons (Fsp3) is 1.00. The quantitative estimate of drug-likeness (QED) is 0.645. The number of hydrogen-bond donors (Lipinski definition) is 1. The van der Waals surface area contributed by atoms with Crippen LogP contribution >= 0.6 is 0 Å². The van der Waals surface area contributed by atoms with Crippen molar-refractivity contribution in [1.82, 2.24) is 5.32 Å². The fourth-order valence-electron chi connectivity index (χ4n) is 0.895. The van der Waals surface area contributed by atoms with Crippen molar-refractivity contribution in [3.63, 3.8) is 0 Å². The molecule has 0 aliphatic carbocycles. The van der Waals surface area contributed by atoms with E-state index in [0.717, 1.165) is 13.2 Å². The molecule has 11 heavy (non-hydrogen) atoms. The highest BCUT2D eigenvalue weighted by molar-refractivity contribution is 4.70. The Morgan fingerprint density at radius 1 is 1.55 bits per heavy atom. The van der Waals surface area contributed by atoms with Gasteiger partial charge in [-0.2, -0.15) is 0 Å². The van der Waals surface area contributed by atoms with Crippen molar-refractivity contribution in [3.05, 3.63) is 0 Å². The summed E-state index contributed by atoms with van der Waals surface area (Å²) in [6.45, 7) is 8.35. The number of nitrogens with one attached hydrogen (secondary N) is 1. The Kier molecular flexibility index (Phi) is 2.87. The number of hydrogen-bond acceptors (Lipinski definition) is 3. The van der Waals surface area contributed by atoms with Crippen molar-refractivity contribution in [2.75, 3.05) is 19.9 Å². The first-order valence-electron chi connectivity index (χ1n) is 4.03. The van der Waals surface area contributed by atoms with Gasteiger partial charge in [0.1, 0.15) is 0 Å². The second-order valence-corrected chi connectivity index (χ2v) is 3.84. The summed E-state index contributed by atoms with van der Waals surface area (Å²) in [4.78, 5) is 0. The molecule has 0 radical (unpaired) electrons. The molecule has 0 bridgehead atoms. The summed E-state index contributed by atoms with van der Waals surface area (Å²) in [7, 11) is 0. The van der Waals surface area contributed by atoms with Crippen LogP contribution in [0.5, 0.6) is 0 Å². The molecular weight excluding hydrogens is 142 g/mol. The van der Waals surface area contributed by atoms with E-state index in [4.69, 9.17) is 9.47 Å². The van der Waals surface area contributed by atoms with Crippen molar-refractivity contribution in [2.24, 2.45) is 0 Å². The first kappa shape index (κ1) is 8.97. The fourth-order valence-corrected chi connectivity index (χ4v) is 0.895. The molecule has 0 aromatic rings. The molecule has 1 aliphatic heterocycles. The molecule has 3 heteroatoms. The van der Waals surface area contributed by atoms with Gasteiger partial charge in [-0.15, -0.1) is 0 Å². The highest BCUT2D eigenvalue weighted by Gasteiger charge is 2.18. The zero-order valence-corrected chi connectivity index (χ0v) is 7.52. The summed E-state index contributed by atoms with van der Waals surface area (Å²) >= 11 is 0. The Hall–Kier alpha value is -0.120. The van der Waals surface area contributed by atoms with E-state index in [-0.39, 0.29) is 5.60 Å². The van der Waals surface area contributed by atoms with Gasteiger partial charge in [-0.05, 0) is 20.8 Å². The van der Waals surface area contributed by atoms with Crippen LogP contribution in [0.15, 0.2) is 0 Å². The van der Waals surface area contributed by atoms with E-state index in [2.05, 4.69) is 26.1 Å². The molecule has 66 valence electrons. The van der Waals surface area contributed by atoms with Crippen LogP contribution in [0, 0.1) is 0 Å². The van der Waals surface area contributed by atoms with E-state index in [9.17, 15) is 0 Å². The van der Waals surface area contributed by atoms with E-state index in [1.165, 1.54) is 0 Å². The van der Waals surface area contributed by atoms with Crippen LogP contribution < -0.4 is 5.32 Å². The second kappa shape index (κ2) is 3.52. The van der Waals surface area contributed by atoms with E-state index >= 15 is 0 Å². The summed E-state index contributed by atoms with van der Waals surface area (Å²) in [6.07, 6.45) is 0. The second-order valence-electron chi connectivity index (χ2n) is 3.84. The Morgan fingerprint density at radius 2 is 2.27 bits per heavy atom. The molecule has 0 aromatic heterocycles. The molecular formula is C8H17NO2. The summed E-state index contributed by atoms with van der Waals surface area (Å²) in [5, 5.41) is 3.18. The van der Waals surface area contributed by atoms with Crippen LogP contribution in [0.4, 0.5) is 0 Å². The molecule has 1 fully saturated rings. The third kappa shape index (κ3) is 3.70. The molecule has 1 rings (SSSR count). The van der Waals surface area contributed by atoms with Gasteiger partial charge in [-0.25, -0.2) is 0 Å². The minimum atomic E-state index is -0.0374. The smallest absolute Gasteiger partial charge is 0.0969 e. The minimum absolute atomic E-state index is 0.0374. The van der Waals surface area contributed by atoms with E-state index in [0.29, 0.717) is 12.8 Å². The molecule has 0 saturated carbocycles. The van der Waals surface area contributed by atoms with Gasteiger partial charge in [0.2, 0.25) is 0 Å². The average Bonchev–Trinajstić information content (AvgIpc) is 2.32. The molecule has 1 N–H and O–H groups in total. The first-order valence-corrected chi connectivity index (χ1v) is 4.03. The van der Waals surface area contributed by atoms with Gasteiger partial charge in [0.15, 0.2) is 0 Å². The maximum atomic E-state index is 5.57. The topological polar surface area (TPSA) is 30.5 Å². The van der Waals surface area contributed by atoms with Crippen molar-refractivity contribution in [1.29, 1.82) is 0 Å². The number of rotatable bonds is 2. The predicted octanol–water partition coefficient (Wildman–Crippen LogP) is 0.747. The van der Waals surface area contributed by atoms with Gasteiger partial charge in [-0.1, -0.05) is 0 Å². The SMILES string of the molecule is CC(C)(C)OCC1COCN1. The molecule has 1 aliphatic rings. The Bertz CT molecular complexity index is 114. The maximum absolute atomic E-state index is 5.57. The molecule has 3 nitrogen and oxygen atoms in total. The Labute approximate surface area is 68.1 Å². The van der Waals surface area contributed by atoms with Crippen LogP contribution in [0.1, 0.15) is 20.8 Å². The van der Waals surface area contributed by atoms with Gasteiger partial charge in [0, 0.05) is 0 Å². The van der Waals surface area contributed by atoms with E-state index in [1.807, 2.05) is 0 Å². The molecule has 1 atom stereocenters. The van der Waals surface area contributed by atoms with Crippen molar-refractivity contribution in [3.8, 4) is 0 Å². The monoisotopic (exact) mass is 159 g/mol. The third-order valence-electron chi connectivity index (χ3n) is 1.51. The molecule has 0 aromatic carbocycles. The first-order chi connectivity index (χ1) is 5.08. The lowest BCUT2D eigenvalue weighted by Gasteiger charge is -2.21. The van der Waals surface area contributed by atoms with Gasteiger partial charge >= 0.3 is 0 Å². The third-order valence-corrected chi connectivity index (χ3v) is 1.51. The van der Waals surface area contributed by atoms with Gasteiger partial charge in [-0.3, -0.25) is 5.32 Å². The van der Waals surface area contributed by atoms with Crippen LogP contribution in [0.3, 0.4) is 0 Å². The summed E-state index contributed by atoms with van der Waals surface area (Å²) < 4.78 is 10.7. The molecule has 1 unspecified atom stereocenters. The van der Waals surface area contributed by atoms with Gasteiger partial charge < -0.3 is 9.47 Å². The summed E-state index contributed by atoms with van der Waals surface area (Å²) in [5.41, 5.74) is -0.0374. The lowest BCUT2D eigenvalue weighted by atomic mass is 10.2. The maximum Gasteiger partial charge on any atom is 0.0969 e. The lowest BCUT2D eigenvalue weighted by Crippen LogP contribution is -2.33. The lowest BCUT2D eigenvalue weighted by molar-refractivity contribution is -0.0131. The van der Waals surface area contributed by atoms with E-state index in [1.54, 1.807) is 0 Å². The average molecular weight is 159 g/mol. The molecule has 0 spiro atoms. The largest absolute Gasteiger partial charge is 0.374 e. The summed E-state index contributed by atoms with van der Waals surface area (Å²) in [5.74, 6) is 0. The van der Waals surface area contributed by atoms with Crippen molar-refractivity contribution >= 4 is 0 Å². The molecule has 1 saturated heterocycles. The van der Waals surface area contributed by atoms with Crippen molar-refractivity contribution < 1.29 is 9.47 Å². The van der Waals surface area contributed by atoms with E-state index < -0.39 is 0 Å². The Morgan fingerprint density at radius 3 is 2.73 bits per heavy atom. The van der Waals surface area contributed by atoms with Crippen LogP contribution in [-0.4, -0.2) is 31.6 Å². The normalized spacial score (nSPS) is 25.9. The minimum Gasteiger partial charge on any atom is -0.374 e. The van der Waals surface area contributed by atoms with Crippen molar-refractivity contribution in [2.45, 2.75) is 32.4 Å². The predicted molar refractivity (Wildman–Crippen MR) is 43.4 cm³/mol. The van der Waals surface area contributed by atoms with Crippen LogP contribution in [-0.2, 0) is 9.47 Å². The van der Waals surface area contributed by atoms with Crippen LogP contribution in [0.25, 0.3) is 0 Å². The zero-order chi connectivity index (χ0) is 8.32. The van der Waals surface area contributed by atoms with Gasteiger partial charge in [0.25, 0.3) is 0 Å². The van der Waals surface area contributed by atoms with Crippen LogP contribution in [0.2, 0.25) is 0 Å². The molecule has 0 amide bonds. The standard InChI is InChI=1S/C8H17NO2/c1-8(2,3)11-5-7-4-10-6-9-7/h7,9H,4-6H2,1-3H3.